The summed E-state index contributed by atoms with van der Waals surface area (Å²) in [6, 6.07) is 0.361. The van der Waals surface area contributed by atoms with Crippen LogP contribution in [0.25, 0.3) is 0 Å². The van der Waals surface area contributed by atoms with Crippen molar-refractivity contribution in [2.75, 3.05) is 30.3 Å². The van der Waals surface area contributed by atoms with Crippen LogP contribution in [0.2, 0.25) is 0 Å². The molecule has 1 aliphatic rings. The Balaban J connectivity index is 1.95. The first-order chi connectivity index (χ1) is 10.2. The first kappa shape index (κ1) is 15.8. The average molecular weight is 293 g/mol. The highest BCUT2D eigenvalue weighted by molar-refractivity contribution is 5.36. The molecule has 0 spiro atoms. The number of hydrogen-bond acceptors (Lipinski definition) is 6. The second kappa shape index (κ2) is 8.00. The molecule has 0 aliphatic carbocycles. The van der Waals surface area contributed by atoms with E-state index in [0.29, 0.717) is 24.5 Å². The highest BCUT2D eigenvalue weighted by atomic mass is 16.5. The Bertz CT molecular complexity index is 434. The lowest BCUT2D eigenvalue weighted by Gasteiger charge is -2.17. The van der Waals surface area contributed by atoms with E-state index in [2.05, 4.69) is 33.7 Å². The fourth-order valence-corrected chi connectivity index (χ4v) is 2.57. The van der Waals surface area contributed by atoms with E-state index in [1.807, 2.05) is 0 Å². The van der Waals surface area contributed by atoms with Gasteiger partial charge < -0.3 is 15.4 Å². The number of nitrogens with zero attached hydrogens (tertiary/aromatic N) is 4. The molecule has 2 N–H and O–H groups in total. The molecule has 1 unspecified atom stereocenters. The fraction of sp³-hybridized carbons (Fsp3) is 0.800. The Morgan fingerprint density at radius 2 is 1.95 bits per heavy atom. The summed E-state index contributed by atoms with van der Waals surface area (Å²) in [4.78, 5) is 14.9. The molecule has 1 fully saturated rings. The van der Waals surface area contributed by atoms with Crippen molar-refractivity contribution in [3.8, 4) is 6.01 Å². The normalized spacial score (nSPS) is 16.2. The minimum Gasteiger partial charge on any atom is -0.463 e. The summed E-state index contributed by atoms with van der Waals surface area (Å²) in [6.07, 6.45) is 7.11. The number of ether oxygens (including phenoxy) is 1. The molecule has 2 heterocycles. The van der Waals surface area contributed by atoms with Crippen LogP contribution in [-0.4, -0.2) is 34.6 Å². The van der Waals surface area contributed by atoms with Gasteiger partial charge in [0.1, 0.15) is 0 Å². The van der Waals surface area contributed by atoms with Crippen molar-refractivity contribution >= 4 is 11.9 Å². The molecule has 0 saturated carbocycles. The maximum atomic E-state index is 5.78. The highest BCUT2D eigenvalue weighted by Gasteiger charge is 2.17. The molecule has 0 aromatic carbocycles. The molecule has 1 aromatic rings. The van der Waals surface area contributed by atoms with Gasteiger partial charge in [-0.05, 0) is 25.2 Å². The lowest BCUT2D eigenvalue weighted by Crippen LogP contribution is -2.22. The summed E-state index contributed by atoms with van der Waals surface area (Å²) in [7, 11) is 0. The maximum absolute atomic E-state index is 5.78. The van der Waals surface area contributed by atoms with Crippen molar-refractivity contribution in [2.45, 2.75) is 52.4 Å². The van der Waals surface area contributed by atoms with Crippen molar-refractivity contribution < 1.29 is 4.74 Å². The Hall–Kier alpha value is -1.59. The minimum absolute atomic E-state index is 0.239. The predicted octanol–water partition coefficient (Wildman–Crippen LogP) is 2.65. The van der Waals surface area contributed by atoms with E-state index in [4.69, 9.17) is 10.5 Å². The van der Waals surface area contributed by atoms with Crippen LogP contribution >= 0.6 is 0 Å². The Labute approximate surface area is 127 Å². The average Bonchev–Trinajstić information content (AvgIpc) is 3.01. The Morgan fingerprint density at radius 1 is 1.19 bits per heavy atom. The molecule has 0 radical (unpaired) electrons. The van der Waals surface area contributed by atoms with Gasteiger partial charge >= 0.3 is 6.01 Å². The Kier molecular flexibility index (Phi) is 6.02. The van der Waals surface area contributed by atoms with Crippen LogP contribution in [0.4, 0.5) is 11.9 Å². The van der Waals surface area contributed by atoms with Gasteiger partial charge in [-0.25, -0.2) is 0 Å². The molecule has 0 amide bonds. The predicted molar refractivity (Wildman–Crippen MR) is 84.5 cm³/mol. The number of nitrogens with two attached hydrogens (primary N) is 1. The lowest BCUT2D eigenvalue weighted by atomic mass is 10.0. The zero-order chi connectivity index (χ0) is 15.1. The van der Waals surface area contributed by atoms with Gasteiger partial charge in [0.05, 0.1) is 6.61 Å². The third kappa shape index (κ3) is 4.72. The topological polar surface area (TPSA) is 77.2 Å². The first-order valence-electron chi connectivity index (χ1n) is 8.12. The standard InChI is InChI=1S/C15H27N5O/c1-3-5-8-12(4-2)11-21-15-18-13(16)17-14(19-15)20-9-6-7-10-20/h12H,3-11H2,1-2H3,(H2,16,17,18,19). The van der Waals surface area contributed by atoms with Crippen molar-refractivity contribution in [2.24, 2.45) is 5.92 Å². The molecule has 6 heteroatoms. The minimum atomic E-state index is 0.239. The number of rotatable bonds is 8. The number of nitrogen functional groups attached to an aromatic ring is 1. The Morgan fingerprint density at radius 3 is 2.62 bits per heavy atom. The third-order valence-corrected chi connectivity index (χ3v) is 4.00. The fourth-order valence-electron chi connectivity index (χ4n) is 2.57. The number of unbranched alkanes of at least 4 members (excludes halogenated alkanes) is 1. The molecule has 118 valence electrons. The molecule has 0 bridgehead atoms. The van der Waals surface area contributed by atoms with E-state index < -0.39 is 0 Å². The van der Waals surface area contributed by atoms with Crippen molar-refractivity contribution in [1.82, 2.24) is 15.0 Å². The van der Waals surface area contributed by atoms with Crippen molar-refractivity contribution in [1.29, 1.82) is 0 Å². The lowest BCUT2D eigenvalue weighted by molar-refractivity contribution is 0.217. The van der Waals surface area contributed by atoms with E-state index in [9.17, 15) is 0 Å². The van der Waals surface area contributed by atoms with Gasteiger partial charge in [0, 0.05) is 13.1 Å². The molecule has 1 atom stereocenters. The van der Waals surface area contributed by atoms with Crippen molar-refractivity contribution in [3.63, 3.8) is 0 Å². The van der Waals surface area contributed by atoms with E-state index in [1.165, 1.54) is 32.1 Å². The van der Waals surface area contributed by atoms with E-state index >= 15 is 0 Å². The maximum Gasteiger partial charge on any atom is 0.323 e. The number of hydrogen-bond donors (Lipinski definition) is 1. The highest BCUT2D eigenvalue weighted by Crippen LogP contribution is 2.19. The van der Waals surface area contributed by atoms with E-state index in [1.54, 1.807) is 0 Å². The third-order valence-electron chi connectivity index (χ3n) is 4.00. The van der Waals surface area contributed by atoms with Gasteiger partial charge in [-0.2, -0.15) is 15.0 Å². The smallest absolute Gasteiger partial charge is 0.323 e. The van der Waals surface area contributed by atoms with E-state index in [0.717, 1.165) is 19.5 Å². The van der Waals surface area contributed by atoms with Crippen LogP contribution in [0.3, 0.4) is 0 Å². The summed E-state index contributed by atoms with van der Waals surface area (Å²) in [5.74, 6) is 1.44. The number of aromatic nitrogens is 3. The molecular weight excluding hydrogens is 266 g/mol. The van der Waals surface area contributed by atoms with Gasteiger partial charge in [0.15, 0.2) is 0 Å². The molecule has 1 aliphatic heterocycles. The molecule has 1 aromatic heterocycles. The summed E-state index contributed by atoms with van der Waals surface area (Å²) in [6.45, 7) is 7.02. The molecule has 6 nitrogen and oxygen atoms in total. The largest absolute Gasteiger partial charge is 0.463 e. The second-order valence-corrected chi connectivity index (χ2v) is 5.70. The monoisotopic (exact) mass is 293 g/mol. The van der Waals surface area contributed by atoms with Gasteiger partial charge in [0.2, 0.25) is 11.9 Å². The van der Waals surface area contributed by atoms with Crippen LogP contribution in [0.15, 0.2) is 0 Å². The first-order valence-corrected chi connectivity index (χ1v) is 8.12. The van der Waals surface area contributed by atoms with Gasteiger partial charge in [-0.1, -0.05) is 33.1 Å². The SMILES string of the molecule is CCCCC(CC)COc1nc(N)nc(N2CCCC2)n1. The zero-order valence-electron chi connectivity index (χ0n) is 13.2. The van der Waals surface area contributed by atoms with E-state index in [-0.39, 0.29) is 5.95 Å². The quantitative estimate of drug-likeness (QED) is 0.794. The molecule has 21 heavy (non-hydrogen) atoms. The number of anilines is 2. The molecule has 1 saturated heterocycles. The molecular formula is C15H27N5O. The van der Waals surface area contributed by atoms with Gasteiger partial charge in [-0.15, -0.1) is 0 Å². The van der Waals surface area contributed by atoms with Gasteiger partial charge in [-0.3, -0.25) is 0 Å². The summed E-state index contributed by atoms with van der Waals surface area (Å²) in [5.41, 5.74) is 5.78. The zero-order valence-corrected chi connectivity index (χ0v) is 13.2. The summed E-state index contributed by atoms with van der Waals surface area (Å²) >= 11 is 0. The summed E-state index contributed by atoms with van der Waals surface area (Å²) in [5, 5.41) is 0. The van der Waals surface area contributed by atoms with Gasteiger partial charge in [0.25, 0.3) is 0 Å². The van der Waals surface area contributed by atoms with Crippen LogP contribution in [0.5, 0.6) is 6.01 Å². The van der Waals surface area contributed by atoms with Crippen LogP contribution in [-0.2, 0) is 0 Å². The van der Waals surface area contributed by atoms with Crippen LogP contribution in [0.1, 0.15) is 52.4 Å². The van der Waals surface area contributed by atoms with Crippen molar-refractivity contribution in [3.05, 3.63) is 0 Å². The van der Waals surface area contributed by atoms with Crippen LogP contribution < -0.4 is 15.4 Å². The summed E-state index contributed by atoms with van der Waals surface area (Å²) < 4.78 is 5.77. The molecule has 2 rings (SSSR count). The van der Waals surface area contributed by atoms with Crippen LogP contribution in [0, 0.1) is 5.92 Å². The second-order valence-electron chi connectivity index (χ2n) is 5.70.